The van der Waals surface area contributed by atoms with Gasteiger partial charge >= 0.3 is 0 Å². The molecule has 3 heteroatoms. The van der Waals surface area contributed by atoms with Crippen LogP contribution in [0.2, 0.25) is 0 Å². The molecule has 0 aromatic carbocycles. The Morgan fingerprint density at radius 1 is 1.18 bits per heavy atom. The number of nitrogens with one attached hydrogen (secondary N) is 1. The Bertz CT molecular complexity index is 369. The van der Waals surface area contributed by atoms with Crippen molar-refractivity contribution in [2.45, 2.75) is 6.42 Å². The van der Waals surface area contributed by atoms with Crippen molar-refractivity contribution in [1.82, 2.24) is 9.47 Å². The number of rotatable bonds is 7. The summed E-state index contributed by atoms with van der Waals surface area (Å²) in [4.78, 5) is 3.33. The molecule has 0 aliphatic heterocycles. The summed E-state index contributed by atoms with van der Waals surface area (Å²) >= 11 is 0. The molecule has 0 atom stereocenters. The average Bonchev–Trinajstić information content (AvgIpc) is 2.68. The highest BCUT2D eigenvalue weighted by Crippen LogP contribution is 2.24. The van der Waals surface area contributed by atoms with Gasteiger partial charge in [0.1, 0.15) is 13.1 Å². The molecular weight excluding hydrogens is 232 g/mol. The molecule has 2 nitrogen and oxygen atoms in total. The summed E-state index contributed by atoms with van der Waals surface area (Å²) in [6.07, 6.45) is 8.70. The van der Waals surface area contributed by atoms with Crippen LogP contribution >= 0.6 is 0 Å². The molecule has 0 unspecified atom stereocenters. The number of H-pyrrole nitrogens is 1. The van der Waals surface area contributed by atoms with Gasteiger partial charge in [-0.2, -0.15) is 0 Å². The number of allylic oxidation sites excluding steroid dienone is 1. The lowest BCUT2D eigenvalue weighted by atomic mass is 10.2. The molecule has 1 aromatic rings. The van der Waals surface area contributed by atoms with Crippen molar-refractivity contribution in [2.24, 2.45) is 0 Å². The zero-order valence-corrected chi connectivity index (χ0v) is 11.2. The summed E-state index contributed by atoms with van der Waals surface area (Å²) in [5.74, 6) is 1.22. The Morgan fingerprint density at radius 3 is 2.24 bits per heavy atom. The summed E-state index contributed by atoms with van der Waals surface area (Å²) in [7, 11) is 2.18. The van der Waals surface area contributed by atoms with Gasteiger partial charge in [0.15, 0.2) is 0 Å². The minimum Gasteiger partial charge on any atom is -1.00 e. The van der Waals surface area contributed by atoms with Crippen molar-refractivity contribution in [1.29, 1.82) is 0 Å². The van der Waals surface area contributed by atoms with Crippen molar-refractivity contribution in [3.8, 4) is 0 Å². The summed E-state index contributed by atoms with van der Waals surface area (Å²) in [5.41, 5.74) is 1.29. The topological polar surface area (TPSA) is 15.8 Å². The monoisotopic (exact) mass is 252 g/mol. The fourth-order valence-electron chi connectivity index (χ4n) is 2.04. The van der Waals surface area contributed by atoms with Gasteiger partial charge in [-0.1, -0.05) is 19.2 Å². The Kier molecular flexibility index (Phi) is 6.62. The zero-order chi connectivity index (χ0) is 12.0. The van der Waals surface area contributed by atoms with E-state index in [2.05, 4.69) is 37.8 Å². The van der Waals surface area contributed by atoms with Crippen LogP contribution in [0.15, 0.2) is 50.2 Å². The van der Waals surface area contributed by atoms with Gasteiger partial charge in [0.05, 0.1) is 7.05 Å². The van der Waals surface area contributed by atoms with Gasteiger partial charge in [0.25, 0.3) is 0 Å². The summed E-state index contributed by atoms with van der Waals surface area (Å²) in [5, 5.41) is 0. The second-order valence-electron chi connectivity index (χ2n) is 4.18. The van der Waals surface area contributed by atoms with Crippen LogP contribution in [0, 0.1) is 0 Å². The molecule has 0 amide bonds. The van der Waals surface area contributed by atoms with E-state index in [9.17, 15) is 0 Å². The lowest BCUT2D eigenvalue weighted by molar-refractivity contribution is -0.00000350. The minimum absolute atomic E-state index is 0. The van der Waals surface area contributed by atoms with Gasteiger partial charge < -0.3 is 17.4 Å². The number of aromatic amines is 1. The molecule has 0 spiro atoms. The van der Waals surface area contributed by atoms with Crippen LogP contribution in [0.1, 0.15) is 5.56 Å². The standard InChI is InChI=1S/C14H21N2.ClH/c1-5-8-13-9-10-15-14(13)16(4,11-6-2)12-7-3;/h5-7,9-10,15H,1-3,8,11-12H2,4H3;1H/q+1;/p-1. The molecule has 0 bridgehead atoms. The molecule has 1 N–H and O–H groups in total. The predicted molar refractivity (Wildman–Crippen MR) is 72.5 cm³/mol. The largest absolute Gasteiger partial charge is 1.00 e. The second-order valence-corrected chi connectivity index (χ2v) is 4.18. The Hall–Kier alpha value is -1.25. The van der Waals surface area contributed by atoms with Crippen LogP contribution < -0.4 is 16.9 Å². The Labute approximate surface area is 110 Å². The van der Waals surface area contributed by atoms with Gasteiger partial charge in [-0.15, -0.1) is 6.58 Å². The Morgan fingerprint density at radius 2 is 1.76 bits per heavy atom. The van der Waals surface area contributed by atoms with Crippen LogP contribution in [0.3, 0.4) is 0 Å². The molecule has 1 heterocycles. The van der Waals surface area contributed by atoms with E-state index in [1.54, 1.807) is 0 Å². The maximum Gasteiger partial charge on any atom is 0.209 e. The smallest absolute Gasteiger partial charge is 0.209 e. The number of quaternary nitrogens is 1. The molecule has 94 valence electrons. The molecule has 0 radical (unpaired) electrons. The second kappa shape index (κ2) is 7.15. The van der Waals surface area contributed by atoms with Crippen LogP contribution in [0.4, 0.5) is 5.82 Å². The molecule has 1 rings (SSSR count). The number of aromatic nitrogens is 1. The third kappa shape index (κ3) is 3.62. The molecule has 17 heavy (non-hydrogen) atoms. The van der Waals surface area contributed by atoms with Crippen molar-refractivity contribution in [3.05, 3.63) is 55.8 Å². The van der Waals surface area contributed by atoms with E-state index in [4.69, 9.17) is 0 Å². The normalized spacial score (nSPS) is 10.4. The summed E-state index contributed by atoms with van der Waals surface area (Å²) in [6, 6.07) is 2.11. The molecular formula is C14H21ClN2. The lowest BCUT2D eigenvalue weighted by Gasteiger charge is -2.31. The van der Waals surface area contributed by atoms with Gasteiger partial charge in [-0.25, -0.2) is 0 Å². The van der Waals surface area contributed by atoms with Crippen molar-refractivity contribution in [2.75, 3.05) is 20.1 Å². The van der Waals surface area contributed by atoms with E-state index in [0.29, 0.717) is 0 Å². The first-order valence-corrected chi connectivity index (χ1v) is 5.52. The van der Waals surface area contributed by atoms with E-state index in [1.807, 2.05) is 24.4 Å². The maximum absolute atomic E-state index is 3.83. The van der Waals surface area contributed by atoms with Crippen LogP contribution in [-0.4, -0.2) is 25.1 Å². The molecule has 0 aliphatic rings. The third-order valence-electron chi connectivity index (χ3n) is 2.78. The highest BCUT2D eigenvalue weighted by molar-refractivity contribution is 5.46. The van der Waals surface area contributed by atoms with E-state index < -0.39 is 0 Å². The minimum atomic E-state index is 0. The average molecular weight is 253 g/mol. The van der Waals surface area contributed by atoms with E-state index in [1.165, 1.54) is 11.4 Å². The Balaban J connectivity index is 0.00000256. The number of hydrogen-bond donors (Lipinski definition) is 1. The van der Waals surface area contributed by atoms with Gasteiger partial charge in [-0.05, 0) is 24.6 Å². The van der Waals surface area contributed by atoms with Gasteiger partial charge in [0.2, 0.25) is 5.82 Å². The zero-order valence-electron chi connectivity index (χ0n) is 10.5. The quantitative estimate of drug-likeness (QED) is 0.522. The van der Waals surface area contributed by atoms with Crippen LogP contribution in [0.25, 0.3) is 0 Å². The highest BCUT2D eigenvalue weighted by atomic mass is 35.5. The first-order valence-electron chi connectivity index (χ1n) is 5.52. The summed E-state index contributed by atoms with van der Waals surface area (Å²) in [6.45, 7) is 13.2. The van der Waals surface area contributed by atoms with Crippen molar-refractivity contribution < 1.29 is 12.4 Å². The van der Waals surface area contributed by atoms with Crippen LogP contribution in [0.5, 0.6) is 0 Å². The van der Waals surface area contributed by atoms with E-state index >= 15 is 0 Å². The molecule has 0 saturated heterocycles. The molecule has 0 saturated carbocycles. The number of hydrogen-bond acceptors (Lipinski definition) is 0. The lowest BCUT2D eigenvalue weighted by Crippen LogP contribution is -3.00. The third-order valence-corrected chi connectivity index (χ3v) is 2.78. The van der Waals surface area contributed by atoms with E-state index in [0.717, 1.165) is 24.0 Å². The molecule has 0 fully saturated rings. The van der Waals surface area contributed by atoms with Crippen molar-refractivity contribution in [3.63, 3.8) is 0 Å². The number of halogens is 1. The molecule has 1 aromatic heterocycles. The highest BCUT2D eigenvalue weighted by Gasteiger charge is 2.25. The van der Waals surface area contributed by atoms with Gasteiger partial charge in [-0.3, -0.25) is 4.48 Å². The number of likely N-dealkylation sites (N-methyl/N-ethyl adjacent to an activating group) is 1. The fraction of sp³-hybridized carbons (Fsp3) is 0.286. The SMILES string of the molecule is C=CCc1cc[nH]c1[N+](C)(CC=C)CC=C.[Cl-]. The fourth-order valence-corrected chi connectivity index (χ4v) is 2.04. The van der Waals surface area contributed by atoms with Crippen LogP contribution in [-0.2, 0) is 6.42 Å². The maximum atomic E-state index is 3.83. The summed E-state index contributed by atoms with van der Waals surface area (Å²) < 4.78 is 0.781. The number of nitrogens with zero attached hydrogens (tertiary/aromatic N) is 1. The predicted octanol–water partition coefficient (Wildman–Crippen LogP) is 0.0563. The first-order chi connectivity index (χ1) is 7.68. The first kappa shape index (κ1) is 15.8. The van der Waals surface area contributed by atoms with Crippen molar-refractivity contribution >= 4 is 5.82 Å². The van der Waals surface area contributed by atoms with E-state index in [-0.39, 0.29) is 12.4 Å². The molecule has 0 aliphatic carbocycles. The van der Waals surface area contributed by atoms with Gasteiger partial charge in [0, 0.05) is 11.8 Å².